The minimum Gasteiger partial charge on any atom is -0.497 e. The maximum Gasteiger partial charge on any atom is 0.119 e. The summed E-state index contributed by atoms with van der Waals surface area (Å²) >= 11 is 0. The first kappa shape index (κ1) is 10.1. The summed E-state index contributed by atoms with van der Waals surface area (Å²) in [4.78, 5) is 0. The average Bonchev–Trinajstić information content (AvgIpc) is 2.11. The molecule has 0 aliphatic carbocycles. The molecule has 0 heterocycles. The largest absolute Gasteiger partial charge is 0.497 e. The summed E-state index contributed by atoms with van der Waals surface area (Å²) in [5, 5.41) is 8.86. The van der Waals surface area contributed by atoms with E-state index in [1.165, 1.54) is 16.7 Å². The van der Waals surface area contributed by atoms with Gasteiger partial charge in [0, 0.05) is 6.61 Å². The zero-order valence-electron chi connectivity index (χ0n) is 8.42. The van der Waals surface area contributed by atoms with Gasteiger partial charge in [0.1, 0.15) is 5.75 Å². The average molecular weight is 180 g/mol. The molecule has 0 unspecified atom stereocenters. The van der Waals surface area contributed by atoms with E-state index in [2.05, 4.69) is 0 Å². The van der Waals surface area contributed by atoms with Crippen LogP contribution >= 0.6 is 0 Å². The van der Waals surface area contributed by atoms with Crippen LogP contribution in [0.2, 0.25) is 0 Å². The van der Waals surface area contributed by atoms with Crippen LogP contribution in [0.5, 0.6) is 5.75 Å². The van der Waals surface area contributed by atoms with Crippen molar-refractivity contribution in [3.8, 4) is 5.75 Å². The highest BCUT2D eigenvalue weighted by atomic mass is 16.5. The van der Waals surface area contributed by atoms with E-state index in [1.54, 1.807) is 7.11 Å². The molecule has 2 heteroatoms. The predicted molar refractivity (Wildman–Crippen MR) is 53.3 cm³/mol. The van der Waals surface area contributed by atoms with Gasteiger partial charge in [-0.3, -0.25) is 0 Å². The summed E-state index contributed by atoms with van der Waals surface area (Å²) in [6, 6.07) is 4.00. The zero-order valence-corrected chi connectivity index (χ0v) is 8.42. The third-order valence-electron chi connectivity index (χ3n) is 2.27. The van der Waals surface area contributed by atoms with Crippen molar-refractivity contribution in [3.05, 3.63) is 28.8 Å². The van der Waals surface area contributed by atoms with Gasteiger partial charge < -0.3 is 9.84 Å². The van der Waals surface area contributed by atoms with Gasteiger partial charge in [0.15, 0.2) is 0 Å². The van der Waals surface area contributed by atoms with Gasteiger partial charge in [-0.25, -0.2) is 0 Å². The molecule has 13 heavy (non-hydrogen) atoms. The molecule has 1 aromatic rings. The van der Waals surface area contributed by atoms with Crippen LogP contribution in [0.3, 0.4) is 0 Å². The molecule has 2 nitrogen and oxygen atoms in total. The number of ether oxygens (including phenoxy) is 1. The number of aliphatic hydroxyl groups is 1. The number of hydrogen-bond donors (Lipinski definition) is 1. The van der Waals surface area contributed by atoms with Crippen LogP contribution in [0, 0.1) is 13.8 Å². The van der Waals surface area contributed by atoms with Crippen LogP contribution in [-0.4, -0.2) is 18.8 Å². The minimum absolute atomic E-state index is 0.202. The van der Waals surface area contributed by atoms with Gasteiger partial charge in [-0.15, -0.1) is 0 Å². The molecule has 1 rings (SSSR count). The molecular formula is C11H16O2. The molecule has 0 atom stereocenters. The van der Waals surface area contributed by atoms with Crippen molar-refractivity contribution in [2.24, 2.45) is 0 Å². The molecule has 0 radical (unpaired) electrons. The number of aliphatic hydroxyl groups excluding tert-OH is 1. The monoisotopic (exact) mass is 180 g/mol. The van der Waals surface area contributed by atoms with Crippen molar-refractivity contribution in [1.29, 1.82) is 0 Å². The Bertz CT molecular complexity index is 269. The molecule has 72 valence electrons. The molecule has 0 saturated heterocycles. The number of aryl methyl sites for hydroxylation is 2. The molecule has 0 spiro atoms. The third-order valence-corrected chi connectivity index (χ3v) is 2.27. The Hall–Kier alpha value is -1.02. The lowest BCUT2D eigenvalue weighted by Gasteiger charge is -2.10. The standard InChI is InChI=1S/C11H16O2/c1-8-6-10(13-3)7-9(2)11(8)4-5-12/h6-7,12H,4-5H2,1-3H3. The van der Waals surface area contributed by atoms with E-state index in [4.69, 9.17) is 9.84 Å². The number of rotatable bonds is 3. The van der Waals surface area contributed by atoms with Crippen molar-refractivity contribution >= 4 is 0 Å². The SMILES string of the molecule is COc1cc(C)c(CCO)c(C)c1. The summed E-state index contributed by atoms with van der Waals surface area (Å²) in [6.45, 7) is 4.29. The van der Waals surface area contributed by atoms with Crippen molar-refractivity contribution in [3.63, 3.8) is 0 Å². The van der Waals surface area contributed by atoms with Crippen LogP contribution in [0.1, 0.15) is 16.7 Å². The Balaban J connectivity index is 3.07. The predicted octanol–water partition coefficient (Wildman–Crippen LogP) is 1.85. The highest BCUT2D eigenvalue weighted by Crippen LogP contribution is 2.21. The molecule has 0 fully saturated rings. The topological polar surface area (TPSA) is 29.5 Å². The van der Waals surface area contributed by atoms with Gasteiger partial charge in [0.05, 0.1) is 7.11 Å². The van der Waals surface area contributed by atoms with E-state index in [0.717, 1.165) is 12.2 Å². The molecule has 0 saturated carbocycles. The Morgan fingerprint density at radius 3 is 2.15 bits per heavy atom. The molecule has 1 N–H and O–H groups in total. The summed E-state index contributed by atoms with van der Waals surface area (Å²) in [7, 11) is 1.67. The Labute approximate surface area is 79.2 Å². The molecular weight excluding hydrogens is 164 g/mol. The first-order chi connectivity index (χ1) is 6.19. The second-order valence-electron chi connectivity index (χ2n) is 3.21. The second-order valence-corrected chi connectivity index (χ2v) is 3.21. The van der Waals surface area contributed by atoms with Crippen molar-refractivity contribution in [2.45, 2.75) is 20.3 Å². The summed E-state index contributed by atoms with van der Waals surface area (Å²) in [5.41, 5.74) is 3.60. The summed E-state index contributed by atoms with van der Waals surface area (Å²) in [6.07, 6.45) is 0.724. The van der Waals surface area contributed by atoms with Gasteiger partial charge in [-0.1, -0.05) is 0 Å². The maximum absolute atomic E-state index is 8.86. The van der Waals surface area contributed by atoms with E-state index in [0.29, 0.717) is 0 Å². The van der Waals surface area contributed by atoms with Crippen molar-refractivity contribution in [1.82, 2.24) is 0 Å². The normalized spacial score (nSPS) is 10.2. The van der Waals surface area contributed by atoms with Crippen LogP contribution < -0.4 is 4.74 Å². The lowest BCUT2D eigenvalue weighted by Crippen LogP contribution is -1.98. The lowest BCUT2D eigenvalue weighted by atomic mass is 10.00. The fourth-order valence-electron chi connectivity index (χ4n) is 1.58. The van der Waals surface area contributed by atoms with E-state index >= 15 is 0 Å². The van der Waals surface area contributed by atoms with Gasteiger partial charge in [0.25, 0.3) is 0 Å². The molecule has 1 aromatic carbocycles. The summed E-state index contributed by atoms with van der Waals surface area (Å²) in [5.74, 6) is 0.886. The number of benzene rings is 1. The van der Waals surface area contributed by atoms with E-state index in [-0.39, 0.29) is 6.61 Å². The van der Waals surface area contributed by atoms with Crippen molar-refractivity contribution < 1.29 is 9.84 Å². The molecule has 0 bridgehead atoms. The quantitative estimate of drug-likeness (QED) is 0.769. The Kier molecular flexibility index (Phi) is 3.32. The van der Waals surface area contributed by atoms with Gasteiger partial charge >= 0.3 is 0 Å². The fourth-order valence-corrected chi connectivity index (χ4v) is 1.58. The first-order valence-electron chi connectivity index (χ1n) is 4.44. The number of methoxy groups -OCH3 is 1. The highest BCUT2D eigenvalue weighted by molar-refractivity contribution is 5.41. The Morgan fingerprint density at radius 2 is 1.77 bits per heavy atom. The Morgan fingerprint density at radius 1 is 1.23 bits per heavy atom. The van der Waals surface area contributed by atoms with Crippen molar-refractivity contribution in [2.75, 3.05) is 13.7 Å². The molecule has 0 aliphatic rings. The second kappa shape index (κ2) is 4.28. The summed E-state index contributed by atoms with van der Waals surface area (Å²) < 4.78 is 5.15. The molecule has 0 aliphatic heterocycles. The van der Waals surface area contributed by atoms with Crippen LogP contribution in [-0.2, 0) is 6.42 Å². The number of hydrogen-bond acceptors (Lipinski definition) is 2. The van der Waals surface area contributed by atoms with E-state index in [9.17, 15) is 0 Å². The fraction of sp³-hybridized carbons (Fsp3) is 0.455. The minimum atomic E-state index is 0.202. The van der Waals surface area contributed by atoms with Crippen LogP contribution in [0.15, 0.2) is 12.1 Å². The zero-order chi connectivity index (χ0) is 9.84. The highest BCUT2D eigenvalue weighted by Gasteiger charge is 2.04. The maximum atomic E-state index is 8.86. The smallest absolute Gasteiger partial charge is 0.119 e. The lowest BCUT2D eigenvalue weighted by molar-refractivity contribution is 0.299. The van der Waals surface area contributed by atoms with Gasteiger partial charge in [-0.05, 0) is 49.1 Å². The van der Waals surface area contributed by atoms with Gasteiger partial charge in [0.2, 0.25) is 0 Å². The molecule has 0 aromatic heterocycles. The van der Waals surface area contributed by atoms with Crippen LogP contribution in [0.25, 0.3) is 0 Å². The van der Waals surface area contributed by atoms with Gasteiger partial charge in [-0.2, -0.15) is 0 Å². The van der Waals surface area contributed by atoms with Crippen LogP contribution in [0.4, 0.5) is 0 Å². The first-order valence-corrected chi connectivity index (χ1v) is 4.44. The van der Waals surface area contributed by atoms with E-state index in [1.807, 2.05) is 26.0 Å². The molecule has 0 amide bonds. The third kappa shape index (κ3) is 2.22. The van der Waals surface area contributed by atoms with E-state index < -0.39 is 0 Å².